The van der Waals surface area contributed by atoms with Crippen molar-refractivity contribution in [2.24, 2.45) is 17.8 Å². The number of aromatic hydroxyl groups is 1. The van der Waals surface area contributed by atoms with E-state index in [-0.39, 0.29) is 40.0 Å². The van der Waals surface area contributed by atoms with Gasteiger partial charge in [-0.3, -0.25) is 24.1 Å². The van der Waals surface area contributed by atoms with Gasteiger partial charge in [-0.15, -0.1) is 0 Å². The standard InChI is InChI=1S/C26H24BrNO5/c1-26(2,3)28-24(32)14-9-8-12-15(21(14)25(28)33)10-16-22(19(30)11-17(27)23(16)31)20(12)13-6-4-5-7-18(13)29/h4-8,11,14-15,20-21,29H,9-10H2,1-3H3/t14-,15+,20+,21-/m0/s1. The molecular formula is C26H24BrNO5. The molecule has 4 aliphatic rings. The summed E-state index contributed by atoms with van der Waals surface area (Å²) in [5.74, 6) is -3.05. The van der Waals surface area contributed by atoms with Gasteiger partial charge in [0.15, 0.2) is 11.6 Å². The van der Waals surface area contributed by atoms with Crippen molar-refractivity contribution in [1.82, 2.24) is 4.90 Å². The number of benzene rings is 1. The molecule has 1 fully saturated rings. The van der Waals surface area contributed by atoms with Crippen LogP contribution in [0.3, 0.4) is 0 Å². The molecule has 2 amide bonds. The Morgan fingerprint density at radius 1 is 1.03 bits per heavy atom. The normalized spacial score (nSPS) is 29.5. The zero-order valence-corrected chi connectivity index (χ0v) is 20.2. The van der Waals surface area contributed by atoms with Crippen LogP contribution in [0.2, 0.25) is 0 Å². The fourth-order valence-electron chi connectivity index (χ4n) is 5.95. The second-order valence-electron chi connectivity index (χ2n) is 10.1. The highest BCUT2D eigenvalue weighted by Gasteiger charge is 2.58. The molecule has 7 heteroatoms. The van der Waals surface area contributed by atoms with Crippen LogP contribution in [-0.2, 0) is 19.2 Å². The molecule has 0 radical (unpaired) electrons. The Hall–Kier alpha value is -2.80. The maximum absolute atomic E-state index is 13.6. The Balaban J connectivity index is 1.70. The number of carbonyl (C=O) groups is 4. The number of amides is 2. The van der Waals surface area contributed by atoms with Crippen molar-refractivity contribution in [3.05, 3.63) is 63.2 Å². The number of fused-ring (bicyclic) bond motifs is 3. The molecule has 170 valence electrons. The number of halogens is 1. The molecule has 0 unspecified atom stereocenters. The zero-order chi connectivity index (χ0) is 23.8. The van der Waals surface area contributed by atoms with E-state index in [1.165, 1.54) is 11.0 Å². The van der Waals surface area contributed by atoms with Gasteiger partial charge in [0.1, 0.15) is 5.75 Å². The first-order valence-electron chi connectivity index (χ1n) is 11.1. The fraction of sp³-hybridized carbons (Fsp3) is 0.385. The number of allylic oxidation sites excluding steroid dienone is 6. The largest absolute Gasteiger partial charge is 0.508 e. The van der Waals surface area contributed by atoms with Gasteiger partial charge < -0.3 is 5.11 Å². The predicted molar refractivity (Wildman–Crippen MR) is 124 cm³/mol. The summed E-state index contributed by atoms with van der Waals surface area (Å²) in [4.78, 5) is 54.4. The van der Waals surface area contributed by atoms with Crippen molar-refractivity contribution in [3.8, 4) is 5.75 Å². The SMILES string of the molecule is CC(C)(C)N1C(=O)[C@H]2[C@H](CC=C3[C@H](c4ccccc4O)C4=C(C[C@H]32)C(=O)C(Br)=CC4=O)C1=O. The lowest BCUT2D eigenvalue weighted by Gasteiger charge is -2.42. The van der Waals surface area contributed by atoms with E-state index in [9.17, 15) is 24.3 Å². The fourth-order valence-corrected chi connectivity index (χ4v) is 6.40. The average Bonchev–Trinajstić information content (AvgIpc) is 3.01. The quantitative estimate of drug-likeness (QED) is 0.351. The highest BCUT2D eigenvalue weighted by Crippen LogP contribution is 2.56. The third-order valence-corrected chi connectivity index (χ3v) is 7.84. The summed E-state index contributed by atoms with van der Waals surface area (Å²) in [7, 11) is 0. The molecule has 1 aliphatic heterocycles. The lowest BCUT2D eigenvalue weighted by Crippen LogP contribution is -2.46. The van der Waals surface area contributed by atoms with E-state index in [4.69, 9.17) is 0 Å². The number of rotatable bonds is 1. The molecule has 33 heavy (non-hydrogen) atoms. The predicted octanol–water partition coefficient (Wildman–Crippen LogP) is 3.95. The topological polar surface area (TPSA) is 91.8 Å². The number of carbonyl (C=O) groups excluding carboxylic acids is 4. The molecule has 0 aromatic heterocycles. The number of ketones is 2. The summed E-state index contributed by atoms with van der Waals surface area (Å²) in [6.07, 6.45) is 3.85. The van der Waals surface area contributed by atoms with E-state index in [2.05, 4.69) is 15.9 Å². The number of hydrogen-bond acceptors (Lipinski definition) is 5. The first-order chi connectivity index (χ1) is 15.5. The highest BCUT2D eigenvalue weighted by atomic mass is 79.9. The maximum Gasteiger partial charge on any atom is 0.234 e. The van der Waals surface area contributed by atoms with Crippen LogP contribution in [0.25, 0.3) is 0 Å². The Morgan fingerprint density at radius 2 is 1.73 bits per heavy atom. The second kappa shape index (κ2) is 7.35. The van der Waals surface area contributed by atoms with Gasteiger partial charge in [-0.2, -0.15) is 0 Å². The summed E-state index contributed by atoms with van der Waals surface area (Å²) in [6, 6.07) is 6.77. The highest BCUT2D eigenvalue weighted by molar-refractivity contribution is 9.12. The molecule has 1 aromatic carbocycles. The number of imide groups is 1. The van der Waals surface area contributed by atoms with Crippen LogP contribution in [-0.4, -0.2) is 38.9 Å². The lowest BCUT2D eigenvalue weighted by atomic mass is 9.59. The zero-order valence-electron chi connectivity index (χ0n) is 18.6. The van der Waals surface area contributed by atoms with Crippen molar-refractivity contribution in [3.63, 3.8) is 0 Å². The minimum Gasteiger partial charge on any atom is -0.508 e. The molecule has 3 aliphatic carbocycles. The number of likely N-dealkylation sites (tertiary alicyclic amines) is 1. The van der Waals surface area contributed by atoms with Crippen molar-refractivity contribution >= 4 is 39.3 Å². The number of hydrogen-bond donors (Lipinski definition) is 1. The first kappa shape index (κ1) is 22.0. The average molecular weight is 510 g/mol. The van der Waals surface area contributed by atoms with E-state index < -0.39 is 29.2 Å². The van der Waals surface area contributed by atoms with Gasteiger partial charge in [-0.25, -0.2) is 0 Å². The third-order valence-electron chi connectivity index (χ3n) is 7.25. The molecule has 0 bridgehead atoms. The maximum atomic E-state index is 13.6. The van der Waals surface area contributed by atoms with E-state index in [0.29, 0.717) is 23.1 Å². The van der Waals surface area contributed by atoms with Gasteiger partial charge >= 0.3 is 0 Å². The van der Waals surface area contributed by atoms with E-state index in [1.54, 1.807) is 24.3 Å². The van der Waals surface area contributed by atoms with Gasteiger partial charge in [0, 0.05) is 34.2 Å². The molecule has 5 rings (SSSR count). The molecule has 6 nitrogen and oxygen atoms in total. The summed E-state index contributed by atoms with van der Waals surface area (Å²) >= 11 is 3.21. The molecule has 1 N–H and O–H groups in total. The van der Waals surface area contributed by atoms with Crippen LogP contribution >= 0.6 is 15.9 Å². The molecule has 4 atom stereocenters. The van der Waals surface area contributed by atoms with Gasteiger partial charge in [0.2, 0.25) is 11.8 Å². The Kier molecular flexibility index (Phi) is 4.90. The molecule has 0 saturated carbocycles. The van der Waals surface area contributed by atoms with Crippen molar-refractivity contribution < 1.29 is 24.3 Å². The molecule has 0 spiro atoms. The van der Waals surface area contributed by atoms with Crippen molar-refractivity contribution in [2.45, 2.75) is 45.1 Å². The van der Waals surface area contributed by atoms with Gasteiger partial charge in [-0.1, -0.05) is 29.8 Å². The van der Waals surface area contributed by atoms with Crippen molar-refractivity contribution in [1.29, 1.82) is 0 Å². The molecule has 1 heterocycles. The van der Waals surface area contributed by atoms with Crippen LogP contribution in [0.15, 0.2) is 57.6 Å². The van der Waals surface area contributed by atoms with Crippen molar-refractivity contribution in [2.75, 3.05) is 0 Å². The van der Waals surface area contributed by atoms with E-state index >= 15 is 0 Å². The number of nitrogens with zero attached hydrogens (tertiary/aromatic N) is 1. The smallest absolute Gasteiger partial charge is 0.234 e. The molecule has 1 saturated heterocycles. The van der Waals surface area contributed by atoms with Gasteiger partial charge in [-0.05, 0) is 61.5 Å². The number of Topliss-reactive ketones (excluding diaryl/α,β-unsaturated/α-hetero) is 1. The monoisotopic (exact) mass is 509 g/mol. The lowest BCUT2D eigenvalue weighted by molar-refractivity contribution is -0.145. The van der Waals surface area contributed by atoms with E-state index in [0.717, 1.165) is 5.57 Å². The molecular weight excluding hydrogens is 486 g/mol. The minimum absolute atomic E-state index is 0.0250. The summed E-state index contributed by atoms with van der Waals surface area (Å²) in [5.41, 5.74) is 1.43. The van der Waals surface area contributed by atoms with E-state index in [1.807, 2.05) is 26.8 Å². The number of phenolic OH excluding ortho intramolecular Hbond substituents is 1. The Morgan fingerprint density at radius 3 is 2.39 bits per heavy atom. The first-order valence-corrected chi connectivity index (χ1v) is 11.9. The third kappa shape index (κ3) is 3.12. The summed E-state index contributed by atoms with van der Waals surface area (Å²) in [5, 5.41) is 10.7. The van der Waals surface area contributed by atoms with Crippen LogP contribution in [0.4, 0.5) is 0 Å². The van der Waals surface area contributed by atoms with Crippen LogP contribution in [0.5, 0.6) is 5.75 Å². The number of para-hydroxylation sites is 1. The Bertz CT molecular complexity index is 1230. The van der Waals surface area contributed by atoms with Crippen LogP contribution < -0.4 is 0 Å². The molecule has 1 aromatic rings. The summed E-state index contributed by atoms with van der Waals surface area (Å²) < 4.78 is 0.187. The van der Waals surface area contributed by atoms with Crippen LogP contribution in [0, 0.1) is 17.8 Å². The number of phenols is 1. The second-order valence-corrected chi connectivity index (χ2v) is 11.0. The summed E-state index contributed by atoms with van der Waals surface area (Å²) in [6.45, 7) is 5.52. The minimum atomic E-state index is -0.649. The Labute approximate surface area is 200 Å². The van der Waals surface area contributed by atoms with Crippen LogP contribution in [0.1, 0.15) is 45.1 Å². The van der Waals surface area contributed by atoms with Gasteiger partial charge in [0.05, 0.1) is 16.3 Å². The van der Waals surface area contributed by atoms with Gasteiger partial charge in [0.25, 0.3) is 0 Å².